The maximum atomic E-state index is 3.04. The minimum Gasteiger partial charge on any atom is -0.263 e. The van der Waals surface area contributed by atoms with Crippen molar-refractivity contribution in [3.05, 3.63) is 29.8 Å². The van der Waals surface area contributed by atoms with Gasteiger partial charge in [-0.15, -0.1) is 0 Å². The maximum absolute atomic E-state index is 3.04. The second-order valence-corrected chi connectivity index (χ2v) is 3.12. The van der Waals surface area contributed by atoms with Gasteiger partial charge in [-0.25, -0.2) is 0 Å². The van der Waals surface area contributed by atoms with Crippen molar-refractivity contribution >= 4 is 11.9 Å². The molecule has 0 aromatic heterocycles. The van der Waals surface area contributed by atoms with Crippen molar-refractivity contribution in [2.75, 3.05) is 7.05 Å². The number of nitrogens with one attached hydrogen (secondary N) is 1. The van der Waals surface area contributed by atoms with E-state index in [-0.39, 0.29) is 0 Å². The van der Waals surface area contributed by atoms with Crippen LogP contribution in [0.1, 0.15) is 5.56 Å². The average Bonchev–Trinajstić information content (AvgIpc) is 1.94. The molecule has 0 atom stereocenters. The van der Waals surface area contributed by atoms with Crippen LogP contribution in [0.25, 0.3) is 0 Å². The van der Waals surface area contributed by atoms with Crippen LogP contribution < -0.4 is 4.72 Å². The highest BCUT2D eigenvalue weighted by Gasteiger charge is 1.93. The van der Waals surface area contributed by atoms with Crippen LogP contribution in [0.4, 0.5) is 0 Å². The summed E-state index contributed by atoms with van der Waals surface area (Å²) in [5.41, 5.74) is 1.32. The third-order valence-electron chi connectivity index (χ3n) is 1.31. The molecule has 0 aliphatic rings. The fourth-order valence-corrected chi connectivity index (χ4v) is 1.38. The molecule has 0 saturated heterocycles. The van der Waals surface area contributed by atoms with Crippen LogP contribution in [0, 0.1) is 6.92 Å². The minimum atomic E-state index is 1.30. The first-order chi connectivity index (χ1) is 4.84. The zero-order valence-corrected chi connectivity index (χ0v) is 7.03. The van der Waals surface area contributed by atoms with Crippen molar-refractivity contribution in [1.82, 2.24) is 4.72 Å². The Morgan fingerprint density at radius 2 is 2.00 bits per heavy atom. The molecule has 0 unspecified atom stereocenters. The standard InChI is InChI=1S/C8H11NS/c1-7-5-3-4-6-8(7)10-9-2/h3-6,9H,1-2H3. The van der Waals surface area contributed by atoms with Crippen molar-refractivity contribution < 1.29 is 0 Å². The van der Waals surface area contributed by atoms with Crippen LogP contribution in [-0.4, -0.2) is 7.05 Å². The Hall–Kier alpha value is -0.470. The molecule has 0 aliphatic heterocycles. The Morgan fingerprint density at radius 1 is 1.30 bits per heavy atom. The highest BCUT2D eigenvalue weighted by atomic mass is 32.2. The van der Waals surface area contributed by atoms with E-state index in [2.05, 4.69) is 29.8 Å². The SMILES string of the molecule is CNSc1ccccc1C. The zero-order chi connectivity index (χ0) is 7.40. The van der Waals surface area contributed by atoms with E-state index in [4.69, 9.17) is 0 Å². The van der Waals surface area contributed by atoms with Gasteiger partial charge in [0, 0.05) is 4.90 Å². The molecule has 1 rings (SSSR count). The molecule has 0 radical (unpaired) electrons. The number of benzene rings is 1. The molecule has 10 heavy (non-hydrogen) atoms. The van der Waals surface area contributed by atoms with E-state index in [0.717, 1.165) is 0 Å². The van der Waals surface area contributed by atoms with E-state index in [0.29, 0.717) is 0 Å². The molecule has 2 heteroatoms. The Bertz CT molecular complexity index is 210. The second-order valence-electron chi connectivity index (χ2n) is 2.07. The second kappa shape index (κ2) is 3.64. The molecule has 1 aromatic carbocycles. The fourth-order valence-electron chi connectivity index (χ4n) is 0.781. The zero-order valence-electron chi connectivity index (χ0n) is 6.22. The molecule has 0 saturated carbocycles. The van der Waals surface area contributed by atoms with Gasteiger partial charge in [-0.2, -0.15) is 0 Å². The first kappa shape index (κ1) is 7.63. The van der Waals surface area contributed by atoms with Gasteiger partial charge in [-0.1, -0.05) is 18.2 Å². The van der Waals surface area contributed by atoms with E-state index in [1.54, 1.807) is 11.9 Å². The molecule has 54 valence electrons. The Labute approximate surface area is 66.0 Å². The maximum Gasteiger partial charge on any atom is 0.0257 e. The molecule has 0 heterocycles. The summed E-state index contributed by atoms with van der Waals surface area (Å²) in [5.74, 6) is 0. The minimum absolute atomic E-state index is 1.30. The summed E-state index contributed by atoms with van der Waals surface area (Å²) >= 11 is 1.65. The van der Waals surface area contributed by atoms with E-state index >= 15 is 0 Å². The summed E-state index contributed by atoms with van der Waals surface area (Å²) in [6, 6.07) is 8.32. The van der Waals surface area contributed by atoms with Crippen molar-refractivity contribution in [3.63, 3.8) is 0 Å². The topological polar surface area (TPSA) is 12.0 Å². The summed E-state index contributed by atoms with van der Waals surface area (Å²) < 4.78 is 3.04. The third-order valence-corrected chi connectivity index (χ3v) is 2.19. The summed E-state index contributed by atoms with van der Waals surface area (Å²) in [7, 11) is 1.93. The quantitative estimate of drug-likeness (QED) is 0.654. The Morgan fingerprint density at radius 3 is 2.60 bits per heavy atom. The normalized spacial score (nSPS) is 9.80. The molecular weight excluding hydrogens is 142 g/mol. The number of hydrogen-bond acceptors (Lipinski definition) is 2. The summed E-state index contributed by atoms with van der Waals surface area (Å²) in [4.78, 5) is 1.30. The average molecular weight is 153 g/mol. The number of aryl methyl sites for hydroxylation is 1. The lowest BCUT2D eigenvalue weighted by atomic mass is 10.2. The molecule has 0 aliphatic carbocycles. The predicted octanol–water partition coefficient (Wildman–Crippen LogP) is 2.22. The van der Waals surface area contributed by atoms with E-state index < -0.39 is 0 Å². The van der Waals surface area contributed by atoms with Gasteiger partial charge in [0.2, 0.25) is 0 Å². The van der Waals surface area contributed by atoms with Gasteiger partial charge >= 0.3 is 0 Å². The number of hydrogen-bond donors (Lipinski definition) is 1. The molecule has 0 amide bonds. The fraction of sp³-hybridized carbons (Fsp3) is 0.250. The Kier molecular flexibility index (Phi) is 2.78. The van der Waals surface area contributed by atoms with Crippen LogP contribution in [0.5, 0.6) is 0 Å². The number of rotatable bonds is 2. The van der Waals surface area contributed by atoms with Crippen molar-refractivity contribution in [1.29, 1.82) is 0 Å². The first-order valence-corrected chi connectivity index (χ1v) is 4.05. The van der Waals surface area contributed by atoms with Gasteiger partial charge in [0.15, 0.2) is 0 Å². The molecule has 0 bridgehead atoms. The van der Waals surface area contributed by atoms with Crippen LogP contribution in [0.15, 0.2) is 29.2 Å². The van der Waals surface area contributed by atoms with Crippen LogP contribution in [0.3, 0.4) is 0 Å². The molecule has 1 nitrogen and oxygen atoms in total. The van der Waals surface area contributed by atoms with E-state index in [9.17, 15) is 0 Å². The monoisotopic (exact) mass is 153 g/mol. The molecule has 0 spiro atoms. The molecule has 1 N–H and O–H groups in total. The smallest absolute Gasteiger partial charge is 0.0257 e. The summed E-state index contributed by atoms with van der Waals surface area (Å²) in [5, 5.41) is 0. The molecule has 0 fully saturated rings. The van der Waals surface area contributed by atoms with Gasteiger partial charge in [0.05, 0.1) is 0 Å². The molecule has 1 aromatic rings. The first-order valence-electron chi connectivity index (χ1n) is 3.24. The lowest BCUT2D eigenvalue weighted by molar-refractivity contribution is 1.24. The van der Waals surface area contributed by atoms with Gasteiger partial charge in [0.25, 0.3) is 0 Å². The lowest BCUT2D eigenvalue weighted by Gasteiger charge is -2.01. The van der Waals surface area contributed by atoms with Crippen molar-refractivity contribution in [3.8, 4) is 0 Å². The molecular formula is C8H11NS. The van der Waals surface area contributed by atoms with Crippen molar-refractivity contribution in [2.45, 2.75) is 11.8 Å². The van der Waals surface area contributed by atoms with Gasteiger partial charge in [0.1, 0.15) is 0 Å². The van der Waals surface area contributed by atoms with Crippen LogP contribution in [-0.2, 0) is 0 Å². The van der Waals surface area contributed by atoms with Gasteiger partial charge in [-0.3, -0.25) is 4.72 Å². The summed E-state index contributed by atoms with van der Waals surface area (Å²) in [6.45, 7) is 2.11. The highest BCUT2D eigenvalue weighted by molar-refractivity contribution is 7.97. The van der Waals surface area contributed by atoms with Gasteiger partial charge < -0.3 is 0 Å². The van der Waals surface area contributed by atoms with Crippen molar-refractivity contribution in [2.24, 2.45) is 0 Å². The third kappa shape index (κ3) is 1.75. The van der Waals surface area contributed by atoms with Gasteiger partial charge in [-0.05, 0) is 37.5 Å². The van der Waals surface area contributed by atoms with E-state index in [1.165, 1.54) is 10.5 Å². The largest absolute Gasteiger partial charge is 0.263 e. The summed E-state index contributed by atoms with van der Waals surface area (Å²) in [6.07, 6.45) is 0. The predicted molar refractivity (Wildman–Crippen MR) is 46.1 cm³/mol. The van der Waals surface area contributed by atoms with Crippen LogP contribution >= 0.6 is 11.9 Å². The Balaban J connectivity index is 2.81. The van der Waals surface area contributed by atoms with Crippen LogP contribution in [0.2, 0.25) is 0 Å². The van der Waals surface area contributed by atoms with E-state index in [1.807, 2.05) is 13.1 Å². The highest BCUT2D eigenvalue weighted by Crippen LogP contribution is 2.17. The lowest BCUT2D eigenvalue weighted by Crippen LogP contribution is -1.91.